The second kappa shape index (κ2) is 15.4. The lowest BCUT2D eigenvalue weighted by Crippen LogP contribution is -2.24. The molecule has 0 saturated heterocycles. The molecular formula is C36H41N3O7S2. The van der Waals surface area contributed by atoms with Gasteiger partial charge < -0.3 is 16.2 Å². The number of carbonyl (C=O) groups excluding carboxylic acids is 2. The Bertz CT molecular complexity index is 2050. The van der Waals surface area contributed by atoms with Crippen LogP contribution < -0.4 is 11.5 Å². The molecule has 0 fully saturated rings. The molecule has 0 unspecified atom stereocenters. The number of nitrogens with two attached hydrogens (primary N) is 2. The minimum absolute atomic E-state index is 0.0239. The number of benzene rings is 4. The summed E-state index contributed by atoms with van der Waals surface area (Å²) in [6, 6.07) is 24.7. The van der Waals surface area contributed by atoms with Crippen LogP contribution in [0.15, 0.2) is 99.7 Å². The number of hydrogen-bond donors (Lipinski definition) is 2. The monoisotopic (exact) mass is 691 g/mol. The van der Waals surface area contributed by atoms with Gasteiger partial charge in [-0.25, -0.2) is 21.6 Å². The quantitative estimate of drug-likeness (QED) is 0.128. The molecule has 0 aliphatic heterocycles. The normalized spacial score (nSPS) is 11.4. The van der Waals surface area contributed by atoms with Gasteiger partial charge >= 0.3 is 5.97 Å². The molecule has 4 N–H and O–H groups in total. The Hall–Kier alpha value is -4.81. The summed E-state index contributed by atoms with van der Waals surface area (Å²) in [5.74, 6) is -1.52. The molecule has 1 amide bonds. The third kappa shape index (κ3) is 9.17. The lowest BCUT2D eigenvalue weighted by atomic mass is 9.92. The zero-order chi connectivity index (χ0) is 36.0. The van der Waals surface area contributed by atoms with Gasteiger partial charge in [-0.05, 0) is 58.4 Å². The number of sulfone groups is 2. The van der Waals surface area contributed by atoms with Crippen molar-refractivity contribution in [3.8, 4) is 22.3 Å². The van der Waals surface area contributed by atoms with E-state index in [9.17, 15) is 26.4 Å². The number of ether oxygens (including phenoxy) is 1. The van der Waals surface area contributed by atoms with Crippen LogP contribution in [-0.2, 0) is 24.4 Å². The Morgan fingerprint density at radius 2 is 1.02 bits per heavy atom. The average Bonchev–Trinajstić information content (AvgIpc) is 3.03. The van der Waals surface area contributed by atoms with E-state index in [0.717, 1.165) is 29.2 Å². The second-order valence-electron chi connectivity index (χ2n) is 11.8. The van der Waals surface area contributed by atoms with E-state index in [2.05, 4.69) is 4.99 Å². The average molecular weight is 692 g/mol. The van der Waals surface area contributed by atoms with Gasteiger partial charge in [0.1, 0.15) is 0 Å². The first-order valence-corrected chi connectivity index (χ1v) is 18.7. The van der Waals surface area contributed by atoms with E-state index in [-0.39, 0.29) is 33.1 Å². The summed E-state index contributed by atoms with van der Waals surface area (Å²) >= 11 is 0. The Labute approximate surface area is 282 Å². The van der Waals surface area contributed by atoms with E-state index in [0.29, 0.717) is 22.3 Å². The summed E-state index contributed by atoms with van der Waals surface area (Å²) in [4.78, 5) is 28.2. The first kappa shape index (κ1) is 37.6. The van der Waals surface area contributed by atoms with Crippen molar-refractivity contribution in [1.82, 2.24) is 0 Å². The lowest BCUT2D eigenvalue weighted by molar-refractivity contribution is 0.0598. The zero-order valence-electron chi connectivity index (χ0n) is 28.0. The summed E-state index contributed by atoms with van der Waals surface area (Å²) in [5, 5.41) is 0. The van der Waals surface area contributed by atoms with E-state index in [1.807, 2.05) is 88.4 Å². The number of amides is 1. The number of carbonyl (C=O) groups is 2. The van der Waals surface area contributed by atoms with Crippen LogP contribution in [0.2, 0.25) is 0 Å². The van der Waals surface area contributed by atoms with Crippen molar-refractivity contribution in [2.75, 3.05) is 19.6 Å². The summed E-state index contributed by atoms with van der Waals surface area (Å²) in [6.45, 7) is 7.74. The van der Waals surface area contributed by atoms with Gasteiger partial charge in [-0.1, -0.05) is 88.4 Å². The van der Waals surface area contributed by atoms with Gasteiger partial charge in [0.2, 0.25) is 0 Å². The van der Waals surface area contributed by atoms with Crippen LogP contribution in [0.1, 0.15) is 71.4 Å². The Balaban J connectivity index is 0.000000261. The topological polar surface area (TPSA) is 176 Å². The Kier molecular flexibility index (Phi) is 12.1. The van der Waals surface area contributed by atoms with Gasteiger partial charge in [-0.15, -0.1) is 0 Å². The number of rotatable bonds is 8. The molecule has 4 aromatic carbocycles. The van der Waals surface area contributed by atoms with Crippen molar-refractivity contribution < 1.29 is 31.2 Å². The number of methoxy groups -OCH3 is 1. The van der Waals surface area contributed by atoms with Gasteiger partial charge in [-0.2, -0.15) is 4.99 Å². The number of esters is 1. The maximum absolute atomic E-state index is 12.4. The first-order valence-electron chi connectivity index (χ1n) is 15.0. The molecule has 10 nitrogen and oxygen atoms in total. The van der Waals surface area contributed by atoms with Crippen molar-refractivity contribution in [2.24, 2.45) is 16.5 Å². The molecule has 0 aliphatic carbocycles. The number of nitrogens with zero attached hydrogens (tertiary/aromatic N) is 1. The van der Waals surface area contributed by atoms with Gasteiger partial charge in [0, 0.05) is 29.2 Å². The molecule has 0 aromatic heterocycles. The van der Waals surface area contributed by atoms with Gasteiger partial charge in [0.25, 0.3) is 5.91 Å². The van der Waals surface area contributed by atoms with Crippen molar-refractivity contribution in [1.29, 1.82) is 0 Å². The molecule has 0 spiro atoms. The van der Waals surface area contributed by atoms with Crippen molar-refractivity contribution in [3.63, 3.8) is 0 Å². The summed E-state index contributed by atoms with van der Waals surface area (Å²) in [5.41, 5.74) is 15.2. The highest BCUT2D eigenvalue weighted by Gasteiger charge is 2.24. The highest BCUT2D eigenvalue weighted by molar-refractivity contribution is 7.91. The molecule has 0 bridgehead atoms. The standard InChI is InChI=1S/C18H21N3O3S.C18H20O4S/c1-11(2)13-9-14(12-7-5-4-6-8-12)16(25(3,23)24)10-15(13)17(22)21-18(19)20;1-12(2)14-10-15(13-8-6-5-7-9-13)17(23(4,20)21)11-16(14)18(19)22-3/h4-11H,1-3H3,(H4,19,20,21,22);5-12H,1-4H3. The van der Waals surface area contributed by atoms with E-state index >= 15 is 0 Å². The number of guanidine groups is 1. The van der Waals surface area contributed by atoms with Gasteiger partial charge in [-0.3, -0.25) is 4.79 Å². The van der Waals surface area contributed by atoms with Crippen molar-refractivity contribution >= 4 is 37.5 Å². The fourth-order valence-electron chi connectivity index (χ4n) is 5.10. The SMILES string of the molecule is CC(C)c1cc(-c2ccccc2)c(S(C)(=O)=O)cc1C(=O)N=C(N)N.COC(=O)c1cc(S(C)(=O)=O)c(-c2ccccc2)cc1C(C)C. The largest absolute Gasteiger partial charge is 0.465 e. The predicted octanol–water partition coefficient (Wildman–Crippen LogP) is 5.96. The highest BCUT2D eigenvalue weighted by Crippen LogP contribution is 2.35. The minimum atomic E-state index is -3.57. The summed E-state index contributed by atoms with van der Waals surface area (Å²) < 4.78 is 53.9. The van der Waals surface area contributed by atoms with Gasteiger partial charge in [0.05, 0.1) is 22.5 Å². The third-order valence-corrected chi connectivity index (χ3v) is 9.66. The van der Waals surface area contributed by atoms with Gasteiger partial charge in [0.15, 0.2) is 25.6 Å². The molecule has 48 heavy (non-hydrogen) atoms. The molecule has 0 saturated carbocycles. The van der Waals surface area contributed by atoms with E-state index < -0.39 is 31.6 Å². The van der Waals surface area contributed by atoms with E-state index in [1.54, 1.807) is 12.1 Å². The maximum Gasteiger partial charge on any atom is 0.338 e. The molecular weight excluding hydrogens is 651 g/mol. The van der Waals surface area contributed by atoms with Crippen molar-refractivity contribution in [2.45, 2.75) is 49.3 Å². The fourth-order valence-corrected chi connectivity index (χ4v) is 6.91. The fraction of sp³-hybridized carbons (Fsp3) is 0.250. The lowest BCUT2D eigenvalue weighted by Gasteiger charge is -2.17. The maximum atomic E-state index is 12.4. The van der Waals surface area contributed by atoms with E-state index in [1.165, 1.54) is 19.2 Å². The first-order chi connectivity index (χ1) is 22.4. The minimum Gasteiger partial charge on any atom is -0.465 e. The highest BCUT2D eigenvalue weighted by atomic mass is 32.2. The van der Waals surface area contributed by atoms with Crippen LogP contribution in [0.5, 0.6) is 0 Å². The molecule has 0 heterocycles. The molecule has 0 atom stereocenters. The summed E-state index contributed by atoms with van der Waals surface area (Å²) in [7, 11) is -5.78. The van der Waals surface area contributed by atoms with Crippen LogP contribution in [0.4, 0.5) is 0 Å². The summed E-state index contributed by atoms with van der Waals surface area (Å²) in [6.07, 6.45) is 2.25. The molecule has 254 valence electrons. The van der Waals surface area contributed by atoms with Crippen LogP contribution in [0.25, 0.3) is 22.3 Å². The molecule has 4 aromatic rings. The van der Waals surface area contributed by atoms with Crippen LogP contribution >= 0.6 is 0 Å². The molecule has 12 heteroatoms. The molecule has 0 aliphatic rings. The predicted molar refractivity (Wildman–Crippen MR) is 190 cm³/mol. The van der Waals surface area contributed by atoms with E-state index in [4.69, 9.17) is 16.2 Å². The Morgan fingerprint density at radius 1 is 0.646 bits per heavy atom. The second-order valence-corrected chi connectivity index (χ2v) is 15.8. The molecule has 0 radical (unpaired) electrons. The Morgan fingerprint density at radius 3 is 1.35 bits per heavy atom. The number of hydrogen-bond acceptors (Lipinski definition) is 7. The smallest absolute Gasteiger partial charge is 0.338 e. The number of aliphatic imine (C=N–C) groups is 1. The molecule has 4 rings (SSSR count). The van der Waals surface area contributed by atoms with Crippen LogP contribution in [-0.4, -0.2) is 54.3 Å². The zero-order valence-corrected chi connectivity index (χ0v) is 29.6. The third-order valence-electron chi connectivity index (χ3n) is 7.38. The van der Waals surface area contributed by atoms with Crippen molar-refractivity contribution in [3.05, 3.63) is 107 Å². The van der Waals surface area contributed by atoms with Crippen LogP contribution in [0.3, 0.4) is 0 Å². The van der Waals surface area contributed by atoms with Crippen LogP contribution in [0, 0.1) is 0 Å².